The lowest BCUT2D eigenvalue weighted by molar-refractivity contribution is 0.247. The van der Waals surface area contributed by atoms with Crippen molar-refractivity contribution >= 4 is 21.7 Å². The Morgan fingerprint density at radius 1 is 1.19 bits per heavy atom. The highest BCUT2D eigenvalue weighted by atomic mass is 79.9. The Kier molecular flexibility index (Phi) is 2.86. The fourth-order valence-corrected chi connectivity index (χ4v) is 2.85. The molecule has 3 nitrogen and oxygen atoms in total. The zero-order valence-corrected chi connectivity index (χ0v) is 10.9. The minimum absolute atomic E-state index is 0.898. The third-order valence-electron chi connectivity index (χ3n) is 3.42. The number of pyridine rings is 1. The summed E-state index contributed by atoms with van der Waals surface area (Å²) in [5, 5.41) is 0. The van der Waals surface area contributed by atoms with Gasteiger partial charge >= 0.3 is 0 Å². The fraction of sp³-hybridized carbons (Fsp3) is 0.583. The smallest absolute Gasteiger partial charge is 0.142 e. The summed E-state index contributed by atoms with van der Waals surface area (Å²) >= 11 is 3.57. The van der Waals surface area contributed by atoms with Crippen LogP contribution in [0.3, 0.4) is 0 Å². The lowest BCUT2D eigenvalue weighted by Gasteiger charge is -2.35. The van der Waals surface area contributed by atoms with Crippen LogP contribution < -0.4 is 4.90 Å². The molecule has 2 heterocycles. The molecule has 2 aliphatic rings. The summed E-state index contributed by atoms with van der Waals surface area (Å²) in [6.07, 6.45) is 4.69. The fourth-order valence-electron chi connectivity index (χ4n) is 2.35. The molecule has 86 valence electrons. The van der Waals surface area contributed by atoms with Crippen molar-refractivity contribution in [3.8, 4) is 0 Å². The highest BCUT2D eigenvalue weighted by Crippen LogP contribution is 2.29. The van der Waals surface area contributed by atoms with E-state index in [4.69, 9.17) is 0 Å². The van der Waals surface area contributed by atoms with Crippen LogP contribution in [0.15, 0.2) is 22.8 Å². The lowest BCUT2D eigenvalue weighted by Crippen LogP contribution is -2.47. The van der Waals surface area contributed by atoms with Gasteiger partial charge in [-0.05, 0) is 40.9 Å². The van der Waals surface area contributed by atoms with Crippen molar-refractivity contribution < 1.29 is 0 Å². The van der Waals surface area contributed by atoms with Crippen LogP contribution in [0, 0.1) is 0 Å². The van der Waals surface area contributed by atoms with Crippen molar-refractivity contribution in [3.63, 3.8) is 0 Å². The minimum atomic E-state index is 0.898. The van der Waals surface area contributed by atoms with Crippen molar-refractivity contribution in [2.75, 3.05) is 31.1 Å². The normalized spacial score (nSPS) is 22.4. The van der Waals surface area contributed by atoms with Crippen LogP contribution in [0.1, 0.15) is 12.8 Å². The monoisotopic (exact) mass is 281 g/mol. The van der Waals surface area contributed by atoms with E-state index in [9.17, 15) is 0 Å². The van der Waals surface area contributed by atoms with E-state index in [1.807, 2.05) is 12.3 Å². The van der Waals surface area contributed by atoms with Gasteiger partial charge in [-0.2, -0.15) is 0 Å². The molecule has 1 aromatic rings. The molecular weight excluding hydrogens is 266 g/mol. The van der Waals surface area contributed by atoms with Crippen LogP contribution in [-0.2, 0) is 0 Å². The maximum atomic E-state index is 4.45. The maximum Gasteiger partial charge on any atom is 0.142 e. The Morgan fingerprint density at radius 3 is 2.56 bits per heavy atom. The Hall–Kier alpha value is -0.610. The molecule has 16 heavy (non-hydrogen) atoms. The Labute approximate surface area is 105 Å². The predicted molar refractivity (Wildman–Crippen MR) is 68.7 cm³/mol. The lowest BCUT2D eigenvalue weighted by atomic mass is 10.3. The van der Waals surface area contributed by atoms with Crippen molar-refractivity contribution in [1.29, 1.82) is 0 Å². The first-order valence-electron chi connectivity index (χ1n) is 5.94. The first kappa shape index (κ1) is 10.5. The Bertz CT molecular complexity index is 370. The molecule has 1 aliphatic heterocycles. The van der Waals surface area contributed by atoms with Crippen molar-refractivity contribution in [1.82, 2.24) is 9.88 Å². The number of rotatable bonds is 2. The zero-order valence-electron chi connectivity index (χ0n) is 9.27. The number of aromatic nitrogens is 1. The minimum Gasteiger partial charge on any atom is -0.353 e. The first-order valence-corrected chi connectivity index (χ1v) is 6.73. The van der Waals surface area contributed by atoms with Gasteiger partial charge in [0.05, 0.1) is 4.47 Å². The molecule has 0 unspecified atom stereocenters. The van der Waals surface area contributed by atoms with Gasteiger partial charge in [0.1, 0.15) is 5.82 Å². The molecule has 1 aliphatic carbocycles. The first-order chi connectivity index (χ1) is 7.84. The molecule has 0 bridgehead atoms. The number of nitrogens with zero attached hydrogens (tertiary/aromatic N) is 3. The summed E-state index contributed by atoms with van der Waals surface area (Å²) < 4.78 is 1.11. The second-order valence-electron chi connectivity index (χ2n) is 4.56. The molecule has 0 spiro atoms. The molecule has 1 aromatic heterocycles. The molecule has 1 saturated carbocycles. The SMILES string of the molecule is Brc1cccnc1N1CCN(C2CC2)CC1. The van der Waals surface area contributed by atoms with Crippen molar-refractivity contribution in [2.24, 2.45) is 0 Å². The average molecular weight is 282 g/mol. The number of hydrogen-bond acceptors (Lipinski definition) is 3. The Balaban J connectivity index is 1.67. The van der Waals surface area contributed by atoms with E-state index in [1.54, 1.807) is 0 Å². The quantitative estimate of drug-likeness (QED) is 0.828. The highest BCUT2D eigenvalue weighted by Gasteiger charge is 2.31. The molecule has 0 amide bonds. The number of anilines is 1. The van der Waals surface area contributed by atoms with Crippen LogP contribution in [0.2, 0.25) is 0 Å². The van der Waals surface area contributed by atoms with Gasteiger partial charge in [0.2, 0.25) is 0 Å². The molecule has 3 rings (SSSR count). The highest BCUT2D eigenvalue weighted by molar-refractivity contribution is 9.10. The van der Waals surface area contributed by atoms with E-state index in [1.165, 1.54) is 25.9 Å². The van der Waals surface area contributed by atoms with E-state index in [0.29, 0.717) is 0 Å². The predicted octanol–water partition coefficient (Wildman–Crippen LogP) is 2.13. The molecule has 2 fully saturated rings. The van der Waals surface area contributed by atoms with Gasteiger partial charge in [-0.15, -0.1) is 0 Å². The molecule has 4 heteroatoms. The molecular formula is C12H16BrN3. The molecule has 0 N–H and O–H groups in total. The van der Waals surface area contributed by atoms with E-state index < -0.39 is 0 Å². The van der Waals surface area contributed by atoms with E-state index in [0.717, 1.165) is 29.4 Å². The van der Waals surface area contributed by atoms with Crippen LogP contribution >= 0.6 is 15.9 Å². The number of hydrogen-bond donors (Lipinski definition) is 0. The summed E-state index contributed by atoms with van der Waals surface area (Å²) in [4.78, 5) is 9.44. The zero-order chi connectivity index (χ0) is 11.0. The molecule has 1 saturated heterocycles. The van der Waals surface area contributed by atoms with Crippen LogP contribution in [0.4, 0.5) is 5.82 Å². The standard InChI is InChI=1S/C12H16BrN3/c13-11-2-1-5-14-12(11)16-8-6-15(7-9-16)10-3-4-10/h1-2,5,10H,3-4,6-9H2. The van der Waals surface area contributed by atoms with Gasteiger partial charge < -0.3 is 4.90 Å². The molecule has 0 aromatic carbocycles. The largest absolute Gasteiger partial charge is 0.353 e. The van der Waals surface area contributed by atoms with Crippen LogP contribution in [0.5, 0.6) is 0 Å². The third-order valence-corrected chi connectivity index (χ3v) is 4.04. The van der Waals surface area contributed by atoms with Gasteiger partial charge in [0, 0.05) is 38.4 Å². The van der Waals surface area contributed by atoms with Crippen molar-refractivity contribution in [3.05, 3.63) is 22.8 Å². The summed E-state index contributed by atoms with van der Waals surface area (Å²) in [6.45, 7) is 4.58. The topological polar surface area (TPSA) is 19.4 Å². The number of halogens is 1. The second-order valence-corrected chi connectivity index (χ2v) is 5.42. The van der Waals surface area contributed by atoms with Gasteiger partial charge in [-0.1, -0.05) is 0 Å². The Morgan fingerprint density at radius 2 is 1.94 bits per heavy atom. The maximum absolute atomic E-state index is 4.45. The third kappa shape index (κ3) is 2.09. The van der Waals surface area contributed by atoms with Crippen molar-refractivity contribution in [2.45, 2.75) is 18.9 Å². The van der Waals surface area contributed by atoms with Crippen LogP contribution in [0.25, 0.3) is 0 Å². The van der Waals surface area contributed by atoms with E-state index >= 15 is 0 Å². The average Bonchev–Trinajstić information content (AvgIpc) is 3.14. The summed E-state index contributed by atoms with van der Waals surface area (Å²) in [5.41, 5.74) is 0. The summed E-state index contributed by atoms with van der Waals surface area (Å²) in [7, 11) is 0. The van der Waals surface area contributed by atoms with E-state index in [2.05, 4.69) is 36.8 Å². The molecule has 0 atom stereocenters. The van der Waals surface area contributed by atoms with Crippen LogP contribution in [-0.4, -0.2) is 42.1 Å². The van der Waals surface area contributed by atoms with Gasteiger partial charge in [0.25, 0.3) is 0 Å². The van der Waals surface area contributed by atoms with Gasteiger partial charge in [-0.3, -0.25) is 4.90 Å². The summed E-state index contributed by atoms with van der Waals surface area (Å²) in [5.74, 6) is 1.10. The molecule has 0 radical (unpaired) electrons. The number of piperazine rings is 1. The summed E-state index contributed by atoms with van der Waals surface area (Å²) in [6, 6.07) is 4.93. The van der Waals surface area contributed by atoms with E-state index in [-0.39, 0.29) is 0 Å². The van der Waals surface area contributed by atoms with Gasteiger partial charge in [-0.25, -0.2) is 4.98 Å². The second kappa shape index (κ2) is 4.34. The van der Waals surface area contributed by atoms with Gasteiger partial charge in [0.15, 0.2) is 0 Å².